The quantitative estimate of drug-likeness (QED) is 0.777. The Labute approximate surface area is 105 Å². The number of carbonyl (C=O) groups excluding carboxylic acids is 3. The van der Waals surface area contributed by atoms with Crippen LogP contribution in [0.1, 0.15) is 30.1 Å². The maximum absolute atomic E-state index is 11.6. The van der Waals surface area contributed by atoms with Crippen molar-refractivity contribution in [2.24, 2.45) is 0 Å². The molecule has 0 saturated carbocycles. The van der Waals surface area contributed by atoms with Gasteiger partial charge in [-0.25, -0.2) is 0 Å². The fraction of sp³-hybridized carbons (Fsp3) is 0.333. The normalized spacial score (nSPS) is 8.65. The zero-order valence-electron chi connectivity index (χ0n) is 9.66. The molecule has 5 heteroatoms. The lowest BCUT2D eigenvalue weighted by molar-refractivity contribution is -0.191. The van der Waals surface area contributed by atoms with E-state index in [1.54, 1.807) is 25.3 Å². The van der Waals surface area contributed by atoms with Crippen molar-refractivity contribution in [2.45, 2.75) is 19.8 Å². The van der Waals surface area contributed by atoms with Gasteiger partial charge >= 0.3 is 6.15 Å². The molecule has 0 radical (unpaired) electrons. The lowest BCUT2D eigenvalue weighted by Gasteiger charge is -2.06. The minimum Gasteiger partial charge on any atom is -0.496 e. The smallest absolute Gasteiger partial charge is 0.373 e. The Balaban J connectivity index is 0.000000770. The second kappa shape index (κ2) is 8.50. The van der Waals surface area contributed by atoms with Crippen molar-refractivity contribution in [3.8, 4) is 5.75 Å². The highest BCUT2D eigenvalue weighted by atomic mass is 35.5. The lowest BCUT2D eigenvalue weighted by Crippen LogP contribution is -2.01. The van der Waals surface area contributed by atoms with Gasteiger partial charge in [-0.3, -0.25) is 4.79 Å². The first-order valence-electron chi connectivity index (χ1n) is 4.96. The molecule has 0 bridgehead atoms. The summed E-state index contributed by atoms with van der Waals surface area (Å²) in [7, 11) is 1.55. The van der Waals surface area contributed by atoms with Crippen molar-refractivity contribution in [2.75, 3.05) is 7.11 Å². The summed E-state index contributed by atoms with van der Waals surface area (Å²) in [5, 5.41) is 0.560. The van der Waals surface area contributed by atoms with Gasteiger partial charge in [-0.2, -0.15) is 9.59 Å². The number of rotatable bonds is 4. The summed E-state index contributed by atoms with van der Waals surface area (Å²) < 4.78 is 5.09. The van der Waals surface area contributed by atoms with E-state index in [-0.39, 0.29) is 11.9 Å². The minimum absolute atomic E-state index is 0.0758. The number of hydrogen-bond acceptors (Lipinski definition) is 4. The van der Waals surface area contributed by atoms with E-state index in [1.807, 2.05) is 6.92 Å². The van der Waals surface area contributed by atoms with E-state index in [0.29, 0.717) is 22.8 Å². The van der Waals surface area contributed by atoms with Crippen LogP contribution in [0, 0.1) is 0 Å². The van der Waals surface area contributed by atoms with Gasteiger partial charge in [0.05, 0.1) is 12.7 Å². The van der Waals surface area contributed by atoms with Crippen LogP contribution < -0.4 is 4.74 Å². The fourth-order valence-electron chi connectivity index (χ4n) is 1.26. The zero-order chi connectivity index (χ0) is 13.3. The van der Waals surface area contributed by atoms with E-state index in [9.17, 15) is 4.79 Å². The zero-order valence-corrected chi connectivity index (χ0v) is 10.4. The molecule has 1 aromatic carbocycles. The molecule has 0 aliphatic carbocycles. The van der Waals surface area contributed by atoms with Crippen LogP contribution in [0.4, 0.5) is 0 Å². The summed E-state index contributed by atoms with van der Waals surface area (Å²) in [4.78, 5) is 27.9. The molecule has 4 nitrogen and oxygen atoms in total. The maximum Gasteiger partial charge on any atom is 0.373 e. The van der Waals surface area contributed by atoms with Gasteiger partial charge in [0.2, 0.25) is 0 Å². The molecule has 0 fully saturated rings. The summed E-state index contributed by atoms with van der Waals surface area (Å²) >= 11 is 5.81. The number of halogens is 1. The van der Waals surface area contributed by atoms with Crippen LogP contribution in [-0.4, -0.2) is 19.0 Å². The van der Waals surface area contributed by atoms with E-state index in [4.69, 9.17) is 25.9 Å². The van der Waals surface area contributed by atoms with Crippen molar-refractivity contribution in [3.05, 3.63) is 28.8 Å². The molecule has 0 aromatic heterocycles. The highest BCUT2D eigenvalue weighted by Crippen LogP contribution is 2.24. The summed E-state index contributed by atoms with van der Waals surface area (Å²) in [6, 6.07) is 5.08. The van der Waals surface area contributed by atoms with Crippen LogP contribution in [0.15, 0.2) is 18.2 Å². The summed E-state index contributed by atoms with van der Waals surface area (Å²) in [6.07, 6.45) is 1.60. The van der Waals surface area contributed by atoms with Gasteiger partial charge in [-0.15, -0.1) is 0 Å². The van der Waals surface area contributed by atoms with Crippen LogP contribution in [0.5, 0.6) is 5.75 Å². The van der Waals surface area contributed by atoms with Gasteiger partial charge in [0.15, 0.2) is 5.78 Å². The van der Waals surface area contributed by atoms with Gasteiger partial charge in [-0.1, -0.05) is 18.5 Å². The SMILES string of the molecule is CCCC(=O)c1cc(Cl)ccc1OC.O=C=O. The molecule has 0 aliphatic rings. The molecule has 17 heavy (non-hydrogen) atoms. The molecule has 0 heterocycles. The highest BCUT2D eigenvalue weighted by molar-refractivity contribution is 6.31. The van der Waals surface area contributed by atoms with Gasteiger partial charge < -0.3 is 4.74 Å². The van der Waals surface area contributed by atoms with E-state index in [2.05, 4.69) is 0 Å². The third-order valence-corrected chi connectivity index (χ3v) is 2.17. The Hall–Kier alpha value is -1.64. The fourth-order valence-corrected chi connectivity index (χ4v) is 1.43. The van der Waals surface area contributed by atoms with Crippen molar-refractivity contribution < 1.29 is 19.1 Å². The van der Waals surface area contributed by atoms with Crippen LogP contribution in [-0.2, 0) is 9.59 Å². The van der Waals surface area contributed by atoms with Crippen LogP contribution in [0.25, 0.3) is 0 Å². The van der Waals surface area contributed by atoms with Gasteiger partial charge in [0.25, 0.3) is 0 Å². The predicted molar refractivity (Wildman–Crippen MR) is 62.2 cm³/mol. The Bertz CT molecular complexity index is 409. The molecule has 0 aliphatic heterocycles. The third-order valence-electron chi connectivity index (χ3n) is 1.94. The molecule has 0 saturated heterocycles. The Morgan fingerprint density at radius 3 is 2.47 bits per heavy atom. The van der Waals surface area contributed by atoms with Crippen molar-refractivity contribution in [3.63, 3.8) is 0 Å². The summed E-state index contributed by atoms with van der Waals surface area (Å²) in [6.45, 7) is 1.97. The van der Waals surface area contributed by atoms with E-state index < -0.39 is 0 Å². The predicted octanol–water partition coefficient (Wildman–Crippen LogP) is 2.75. The molecular formula is C12H13ClO4. The lowest BCUT2D eigenvalue weighted by atomic mass is 10.1. The van der Waals surface area contributed by atoms with Crippen molar-refractivity contribution in [1.29, 1.82) is 0 Å². The first kappa shape index (κ1) is 15.4. The Morgan fingerprint density at radius 1 is 1.41 bits per heavy atom. The second-order valence-corrected chi connectivity index (χ2v) is 3.54. The van der Waals surface area contributed by atoms with E-state index in [0.717, 1.165) is 6.42 Å². The van der Waals surface area contributed by atoms with Crippen molar-refractivity contribution in [1.82, 2.24) is 0 Å². The van der Waals surface area contributed by atoms with Crippen molar-refractivity contribution >= 4 is 23.5 Å². The number of hydrogen-bond donors (Lipinski definition) is 0. The standard InChI is InChI=1S/C11H13ClO2.CO2/c1-3-4-10(13)9-7-8(12)5-6-11(9)14-2;2-1-3/h5-7H,3-4H2,1-2H3;. The Kier molecular flexibility index (Phi) is 7.68. The molecule has 1 rings (SSSR count). The molecule has 0 N–H and O–H groups in total. The largest absolute Gasteiger partial charge is 0.496 e. The first-order valence-corrected chi connectivity index (χ1v) is 5.34. The third kappa shape index (κ3) is 5.29. The topological polar surface area (TPSA) is 60.4 Å². The molecule has 0 unspecified atom stereocenters. The number of carbonyl (C=O) groups is 1. The van der Waals surface area contributed by atoms with Crippen LogP contribution >= 0.6 is 11.6 Å². The van der Waals surface area contributed by atoms with Crippen LogP contribution in [0.2, 0.25) is 5.02 Å². The molecule has 0 atom stereocenters. The molecule has 0 amide bonds. The average molecular weight is 257 g/mol. The molecule has 1 aromatic rings. The van der Waals surface area contributed by atoms with Gasteiger partial charge in [0, 0.05) is 11.4 Å². The molecular weight excluding hydrogens is 244 g/mol. The Morgan fingerprint density at radius 2 is 2.00 bits per heavy atom. The number of benzene rings is 1. The first-order chi connectivity index (χ1) is 8.10. The number of ketones is 1. The van der Waals surface area contributed by atoms with E-state index >= 15 is 0 Å². The summed E-state index contributed by atoms with van der Waals surface area (Å²) in [5.74, 6) is 0.666. The number of Topliss-reactive ketones (excluding diaryl/α,β-unsaturated/α-hetero) is 1. The number of methoxy groups -OCH3 is 1. The number of ether oxygens (including phenoxy) is 1. The molecule has 92 valence electrons. The van der Waals surface area contributed by atoms with Crippen LogP contribution in [0.3, 0.4) is 0 Å². The minimum atomic E-state index is 0.0758. The maximum atomic E-state index is 11.6. The second-order valence-electron chi connectivity index (χ2n) is 3.10. The highest BCUT2D eigenvalue weighted by Gasteiger charge is 2.11. The van der Waals surface area contributed by atoms with Gasteiger partial charge in [-0.05, 0) is 24.6 Å². The average Bonchev–Trinajstić information content (AvgIpc) is 2.30. The van der Waals surface area contributed by atoms with E-state index in [1.165, 1.54) is 0 Å². The summed E-state index contributed by atoms with van der Waals surface area (Å²) in [5.41, 5.74) is 0.571. The monoisotopic (exact) mass is 256 g/mol. The van der Waals surface area contributed by atoms with Gasteiger partial charge in [0.1, 0.15) is 5.75 Å². The molecule has 0 spiro atoms.